The van der Waals surface area contributed by atoms with E-state index in [2.05, 4.69) is 10.3 Å². The van der Waals surface area contributed by atoms with Gasteiger partial charge in [0.25, 0.3) is 5.91 Å². The van der Waals surface area contributed by atoms with Crippen LogP contribution in [0, 0.1) is 6.92 Å². The lowest BCUT2D eigenvalue weighted by Gasteiger charge is -2.09. The molecule has 7 heteroatoms. The largest absolute Gasteiger partial charge is 0.493 e. The van der Waals surface area contributed by atoms with Gasteiger partial charge in [0.05, 0.1) is 13.3 Å². The average molecular weight is 434 g/mol. The van der Waals surface area contributed by atoms with E-state index in [4.69, 9.17) is 13.9 Å². The fourth-order valence-corrected chi connectivity index (χ4v) is 3.12. The zero-order chi connectivity index (χ0) is 22.3. The molecule has 0 aliphatic carbocycles. The van der Waals surface area contributed by atoms with E-state index in [1.807, 2.05) is 43.3 Å². The van der Waals surface area contributed by atoms with E-state index in [1.165, 1.54) is 0 Å². The fourth-order valence-electron chi connectivity index (χ4n) is 3.12. The van der Waals surface area contributed by atoms with Crippen LogP contribution in [0.5, 0.6) is 11.5 Å². The highest BCUT2D eigenvalue weighted by molar-refractivity contribution is 5.92. The minimum Gasteiger partial charge on any atom is -0.493 e. The number of alkyl halides is 1. The molecule has 0 atom stereocenters. The molecule has 0 aliphatic heterocycles. The first-order valence-corrected chi connectivity index (χ1v) is 10.3. The van der Waals surface area contributed by atoms with Crippen molar-refractivity contribution >= 4 is 22.7 Å². The lowest BCUT2D eigenvalue weighted by atomic mass is 10.2. The predicted octanol–water partition coefficient (Wildman–Crippen LogP) is 5.56. The third kappa shape index (κ3) is 5.24. The van der Waals surface area contributed by atoms with Crippen molar-refractivity contribution in [1.82, 2.24) is 4.98 Å². The zero-order valence-electron chi connectivity index (χ0n) is 17.6. The minimum absolute atomic E-state index is 0.0759. The van der Waals surface area contributed by atoms with E-state index >= 15 is 0 Å². The first kappa shape index (κ1) is 21.4. The number of ether oxygens (including phenoxy) is 2. The Morgan fingerprint density at radius 2 is 1.88 bits per heavy atom. The van der Waals surface area contributed by atoms with Crippen molar-refractivity contribution in [2.24, 2.45) is 0 Å². The van der Waals surface area contributed by atoms with Crippen LogP contribution in [0.15, 0.2) is 71.1 Å². The van der Waals surface area contributed by atoms with Crippen LogP contribution in [0.4, 0.5) is 10.1 Å². The van der Waals surface area contributed by atoms with Gasteiger partial charge in [-0.3, -0.25) is 9.18 Å². The summed E-state index contributed by atoms with van der Waals surface area (Å²) in [7, 11) is 0. The second-order valence-corrected chi connectivity index (χ2v) is 7.22. The van der Waals surface area contributed by atoms with Crippen molar-refractivity contribution in [3.05, 3.63) is 72.3 Å². The van der Waals surface area contributed by atoms with Crippen molar-refractivity contribution in [3.63, 3.8) is 0 Å². The molecule has 0 bridgehead atoms. The van der Waals surface area contributed by atoms with Gasteiger partial charge in [0.1, 0.15) is 17.0 Å². The van der Waals surface area contributed by atoms with Gasteiger partial charge >= 0.3 is 0 Å². The number of para-hydroxylation sites is 1. The Morgan fingerprint density at radius 3 is 2.66 bits per heavy atom. The molecule has 1 aromatic heterocycles. The molecule has 32 heavy (non-hydrogen) atoms. The molecule has 4 rings (SSSR count). The maximum atomic E-state index is 12.2. The van der Waals surface area contributed by atoms with Gasteiger partial charge in [-0.25, -0.2) is 4.98 Å². The monoisotopic (exact) mass is 434 g/mol. The Kier molecular flexibility index (Phi) is 6.65. The molecule has 0 fully saturated rings. The smallest absolute Gasteiger partial charge is 0.262 e. The quantitative estimate of drug-likeness (QED) is 0.349. The van der Waals surface area contributed by atoms with Crippen molar-refractivity contribution in [3.8, 4) is 23.0 Å². The highest BCUT2D eigenvalue weighted by Crippen LogP contribution is 2.28. The van der Waals surface area contributed by atoms with Gasteiger partial charge in [-0.2, -0.15) is 0 Å². The Balaban J connectivity index is 1.38. The number of rotatable bonds is 9. The summed E-state index contributed by atoms with van der Waals surface area (Å²) in [5.41, 5.74) is 3.68. The van der Waals surface area contributed by atoms with Crippen LogP contribution < -0.4 is 14.8 Å². The highest BCUT2D eigenvalue weighted by atomic mass is 19.1. The summed E-state index contributed by atoms with van der Waals surface area (Å²) < 4.78 is 29.1. The van der Waals surface area contributed by atoms with Gasteiger partial charge in [-0.05, 0) is 55.0 Å². The topological polar surface area (TPSA) is 73.6 Å². The van der Waals surface area contributed by atoms with E-state index in [-0.39, 0.29) is 12.5 Å². The molecular formula is C25H23FN2O4. The molecule has 1 N–H and O–H groups in total. The maximum absolute atomic E-state index is 12.2. The number of amides is 1. The molecular weight excluding hydrogens is 411 g/mol. The lowest BCUT2D eigenvalue weighted by molar-refractivity contribution is -0.118. The third-order valence-electron chi connectivity index (χ3n) is 4.77. The number of hydrogen-bond acceptors (Lipinski definition) is 5. The molecule has 0 spiro atoms. The van der Waals surface area contributed by atoms with E-state index in [0.29, 0.717) is 47.2 Å². The molecule has 6 nitrogen and oxygen atoms in total. The summed E-state index contributed by atoms with van der Waals surface area (Å²) in [5, 5.41) is 2.81. The molecule has 0 saturated carbocycles. The molecule has 0 unspecified atom stereocenters. The number of fused-ring (bicyclic) bond motifs is 1. The van der Waals surface area contributed by atoms with Crippen LogP contribution in [0.2, 0.25) is 0 Å². The van der Waals surface area contributed by atoms with Crippen LogP contribution in [0.1, 0.15) is 12.0 Å². The summed E-state index contributed by atoms with van der Waals surface area (Å²) in [5.74, 6) is 1.52. The van der Waals surface area contributed by atoms with Crippen molar-refractivity contribution in [1.29, 1.82) is 0 Å². The predicted molar refractivity (Wildman–Crippen MR) is 121 cm³/mol. The Morgan fingerprint density at radius 1 is 1.06 bits per heavy atom. The molecule has 1 heterocycles. The van der Waals surface area contributed by atoms with Crippen LogP contribution in [0.25, 0.3) is 22.6 Å². The van der Waals surface area contributed by atoms with Crippen LogP contribution >= 0.6 is 0 Å². The number of nitrogens with one attached hydrogen (secondary N) is 1. The van der Waals surface area contributed by atoms with Crippen molar-refractivity contribution < 1.29 is 23.1 Å². The average Bonchev–Trinajstić information content (AvgIpc) is 3.23. The molecule has 0 aliphatic rings. The van der Waals surface area contributed by atoms with Gasteiger partial charge in [0.2, 0.25) is 5.89 Å². The number of anilines is 1. The summed E-state index contributed by atoms with van der Waals surface area (Å²) in [4.78, 5) is 16.7. The van der Waals surface area contributed by atoms with E-state index in [1.54, 1.807) is 30.3 Å². The van der Waals surface area contributed by atoms with Crippen LogP contribution in [-0.4, -0.2) is 30.8 Å². The molecule has 164 valence electrons. The Hall–Kier alpha value is -3.87. The summed E-state index contributed by atoms with van der Waals surface area (Å²) in [6.45, 7) is 1.76. The third-order valence-corrected chi connectivity index (χ3v) is 4.77. The van der Waals surface area contributed by atoms with Gasteiger partial charge in [-0.15, -0.1) is 0 Å². The number of halogens is 1. The van der Waals surface area contributed by atoms with Crippen molar-refractivity contribution in [2.75, 3.05) is 25.2 Å². The summed E-state index contributed by atoms with van der Waals surface area (Å²) >= 11 is 0. The molecule has 1 amide bonds. The maximum Gasteiger partial charge on any atom is 0.262 e. The van der Waals surface area contributed by atoms with Crippen molar-refractivity contribution in [2.45, 2.75) is 13.3 Å². The SMILES string of the molecule is Cc1ccccc1OCC(=O)Nc1ccc(-c2nc3cc(OCCCF)ccc3o2)cc1. The number of carbonyl (C=O) groups is 1. The normalized spacial score (nSPS) is 10.8. The Bertz CT molecular complexity index is 1200. The van der Waals surface area contributed by atoms with E-state index in [0.717, 1.165) is 11.1 Å². The van der Waals surface area contributed by atoms with Gasteiger partial charge in [0.15, 0.2) is 12.2 Å². The number of nitrogens with zero attached hydrogens (tertiary/aromatic N) is 1. The molecule has 0 saturated heterocycles. The second kappa shape index (κ2) is 9.96. The van der Waals surface area contributed by atoms with E-state index < -0.39 is 6.67 Å². The second-order valence-electron chi connectivity index (χ2n) is 7.22. The van der Waals surface area contributed by atoms with Gasteiger partial charge < -0.3 is 19.2 Å². The first-order chi connectivity index (χ1) is 15.6. The molecule has 3 aromatic carbocycles. The number of aromatic nitrogens is 1. The zero-order valence-corrected chi connectivity index (χ0v) is 17.6. The van der Waals surface area contributed by atoms with Crippen LogP contribution in [0.3, 0.4) is 0 Å². The number of benzene rings is 3. The Labute approximate surface area is 185 Å². The number of aryl methyl sites for hydroxylation is 1. The standard InChI is InChI=1S/C25H23FN2O4/c1-17-5-2-3-6-22(17)31-16-24(29)27-19-9-7-18(8-10-19)25-28-21-15-20(30-14-4-13-26)11-12-23(21)32-25/h2-3,5-12,15H,4,13-14,16H2,1H3,(H,27,29). The summed E-state index contributed by atoms with van der Waals surface area (Å²) in [6, 6.07) is 20.1. The lowest BCUT2D eigenvalue weighted by Crippen LogP contribution is -2.20. The molecule has 0 radical (unpaired) electrons. The molecule has 4 aromatic rings. The number of oxazole rings is 1. The highest BCUT2D eigenvalue weighted by Gasteiger charge is 2.11. The minimum atomic E-state index is -0.410. The number of carbonyl (C=O) groups excluding carboxylic acids is 1. The number of hydrogen-bond donors (Lipinski definition) is 1. The van der Waals surface area contributed by atoms with Gasteiger partial charge in [-0.1, -0.05) is 18.2 Å². The fraction of sp³-hybridized carbons (Fsp3) is 0.200. The van der Waals surface area contributed by atoms with Gasteiger partial charge in [0, 0.05) is 23.7 Å². The van der Waals surface area contributed by atoms with E-state index in [9.17, 15) is 9.18 Å². The first-order valence-electron chi connectivity index (χ1n) is 10.3. The summed E-state index contributed by atoms with van der Waals surface area (Å²) in [6.07, 6.45) is 0.350. The van der Waals surface area contributed by atoms with Crippen LogP contribution in [-0.2, 0) is 4.79 Å².